The molecule has 1 aliphatic carbocycles. The molecule has 2 atom stereocenters. The number of benzene rings is 1. The van der Waals surface area contributed by atoms with Gasteiger partial charge in [0.15, 0.2) is 18.2 Å². The van der Waals surface area contributed by atoms with Gasteiger partial charge in [-0.3, -0.25) is 9.59 Å². The van der Waals surface area contributed by atoms with Crippen molar-refractivity contribution in [2.75, 3.05) is 13.1 Å². The van der Waals surface area contributed by atoms with Crippen LogP contribution in [0.1, 0.15) is 44.1 Å². The normalized spacial score (nSPS) is 22.6. The second kappa shape index (κ2) is 10.1. The highest BCUT2D eigenvalue weighted by Gasteiger charge is 2.57. The van der Waals surface area contributed by atoms with Crippen LogP contribution in [0.25, 0.3) is 11.0 Å². The van der Waals surface area contributed by atoms with Crippen LogP contribution in [0.5, 0.6) is 5.95 Å². The first-order valence-electron chi connectivity index (χ1n) is 13.6. The van der Waals surface area contributed by atoms with E-state index in [0.717, 1.165) is 22.3 Å². The molecule has 13 heteroatoms. The quantitative estimate of drug-likeness (QED) is 0.356. The lowest BCUT2D eigenvalue weighted by Gasteiger charge is -2.40. The van der Waals surface area contributed by atoms with Gasteiger partial charge in [0.2, 0.25) is 15.9 Å². The number of hydrogen-bond donors (Lipinski definition) is 1. The smallest absolute Gasteiger partial charge is 0.415 e. The summed E-state index contributed by atoms with van der Waals surface area (Å²) in [5.74, 6) is -0.787. The Labute approximate surface area is 236 Å². The number of aryl methyl sites for hydroxylation is 1. The van der Waals surface area contributed by atoms with Crippen LogP contribution in [0.4, 0.5) is 4.79 Å². The summed E-state index contributed by atoms with van der Waals surface area (Å²) >= 11 is 0. The molecule has 2 unspecified atom stereocenters. The van der Waals surface area contributed by atoms with Gasteiger partial charge < -0.3 is 24.6 Å². The van der Waals surface area contributed by atoms with Gasteiger partial charge in [0.1, 0.15) is 22.1 Å². The van der Waals surface area contributed by atoms with E-state index in [1.807, 2.05) is 18.2 Å². The number of aromatic nitrogens is 1. The molecule has 41 heavy (non-hydrogen) atoms. The summed E-state index contributed by atoms with van der Waals surface area (Å²) < 4.78 is 39.4. The summed E-state index contributed by atoms with van der Waals surface area (Å²) in [7, 11) is -4.15. The minimum Gasteiger partial charge on any atom is -0.619 e. The lowest BCUT2D eigenvalue weighted by atomic mass is 9.80. The fourth-order valence-corrected chi connectivity index (χ4v) is 8.05. The number of para-hydroxylation sites is 1. The fraction of sp³-hybridized carbons (Fsp3) is 0.429. The highest BCUT2D eigenvalue weighted by molar-refractivity contribution is 7.89. The average Bonchev–Trinajstić information content (AvgIpc) is 3.63. The number of likely N-dealkylation sites (tertiary alicyclic amines) is 1. The second-order valence-corrected chi connectivity index (χ2v) is 12.8. The minimum absolute atomic E-state index is 0.0375. The van der Waals surface area contributed by atoms with Gasteiger partial charge in [-0.2, -0.15) is 9.04 Å². The number of carbonyl (C=O) groups is 3. The molecule has 2 amide bonds. The highest BCUT2D eigenvalue weighted by atomic mass is 32.2. The molecule has 1 N–H and O–H groups in total. The SMILES string of the molecule is Cc1c(OC(=O)NC2(C(=O)N3CCC4C3C(=O)CN4S(=O)(=O)c3ccc[n+]([O-])c3)CCCCC2)oc2ccccc12. The average molecular weight is 583 g/mol. The summed E-state index contributed by atoms with van der Waals surface area (Å²) in [5, 5.41) is 15.3. The number of amides is 2. The third-order valence-electron chi connectivity index (χ3n) is 8.44. The van der Waals surface area contributed by atoms with Gasteiger partial charge in [0.25, 0.3) is 5.95 Å². The highest BCUT2D eigenvalue weighted by Crippen LogP contribution is 2.38. The van der Waals surface area contributed by atoms with E-state index in [1.54, 1.807) is 13.0 Å². The van der Waals surface area contributed by atoms with Crippen LogP contribution in [-0.2, 0) is 19.6 Å². The number of nitrogens with zero attached hydrogens (tertiary/aromatic N) is 3. The lowest BCUT2D eigenvalue weighted by Crippen LogP contribution is -2.62. The molecule has 1 aromatic carbocycles. The molecule has 0 bridgehead atoms. The van der Waals surface area contributed by atoms with Crippen molar-refractivity contribution in [3.05, 3.63) is 59.6 Å². The Morgan fingerprint density at radius 3 is 2.63 bits per heavy atom. The van der Waals surface area contributed by atoms with E-state index in [-0.39, 0.29) is 23.8 Å². The van der Waals surface area contributed by atoms with Crippen molar-refractivity contribution < 1.29 is 36.7 Å². The minimum atomic E-state index is -4.15. The zero-order chi connectivity index (χ0) is 28.9. The maximum absolute atomic E-state index is 14.1. The Hall–Kier alpha value is -3.97. The van der Waals surface area contributed by atoms with Crippen LogP contribution in [0.2, 0.25) is 0 Å². The zero-order valence-corrected chi connectivity index (χ0v) is 23.3. The molecule has 2 aromatic heterocycles. The number of Topliss-reactive ketones (excluding diaryl/α,β-unsaturated/α-hetero) is 1. The number of nitrogens with one attached hydrogen (secondary N) is 1. The van der Waals surface area contributed by atoms with Gasteiger partial charge in [0.05, 0.1) is 12.6 Å². The number of ether oxygens (including phenoxy) is 1. The monoisotopic (exact) mass is 582 g/mol. The number of rotatable bonds is 5. The van der Waals surface area contributed by atoms with Crippen molar-refractivity contribution in [1.29, 1.82) is 0 Å². The summed E-state index contributed by atoms with van der Waals surface area (Å²) in [6.07, 6.45) is 4.52. The molecule has 2 saturated heterocycles. The molecule has 3 aliphatic rings. The number of pyridine rings is 1. The van der Waals surface area contributed by atoms with E-state index < -0.39 is 52.0 Å². The third-order valence-corrected chi connectivity index (χ3v) is 10.3. The van der Waals surface area contributed by atoms with Gasteiger partial charge in [-0.05, 0) is 38.3 Å². The zero-order valence-electron chi connectivity index (χ0n) is 22.4. The topological polar surface area (TPSA) is 153 Å². The molecule has 1 saturated carbocycles. The van der Waals surface area contributed by atoms with Crippen LogP contribution in [0.15, 0.2) is 58.1 Å². The fourth-order valence-electron chi connectivity index (χ4n) is 6.42. The number of hydrogen-bond acceptors (Lipinski definition) is 8. The molecule has 3 aromatic rings. The van der Waals surface area contributed by atoms with Crippen LogP contribution in [0.3, 0.4) is 0 Å². The maximum atomic E-state index is 14.1. The van der Waals surface area contributed by atoms with E-state index in [0.29, 0.717) is 41.6 Å². The number of carbonyl (C=O) groups excluding carboxylic acids is 3. The standard InChI is InChI=1S/C28H30N4O8S/c1-18-20-9-3-4-10-23(20)39-25(18)40-27(35)29-28(12-5-2-6-13-28)26(34)31-15-11-21-24(31)22(33)17-32(21)41(37,38)19-8-7-14-30(36)16-19/h3-4,7-10,14,16,21,24H,2,5-6,11-13,15,17H2,1H3,(H,29,35). The van der Waals surface area contributed by atoms with E-state index in [2.05, 4.69) is 5.32 Å². The van der Waals surface area contributed by atoms with Gasteiger partial charge in [-0.15, -0.1) is 0 Å². The number of sulfonamides is 1. The predicted molar refractivity (Wildman–Crippen MR) is 144 cm³/mol. The molecule has 3 fully saturated rings. The number of ketones is 1. The van der Waals surface area contributed by atoms with E-state index in [4.69, 9.17) is 9.15 Å². The van der Waals surface area contributed by atoms with Crippen molar-refractivity contribution in [3.63, 3.8) is 0 Å². The number of furan rings is 1. The Morgan fingerprint density at radius 2 is 1.90 bits per heavy atom. The van der Waals surface area contributed by atoms with Crippen molar-refractivity contribution in [2.45, 2.75) is 68.0 Å². The molecule has 4 heterocycles. The molecule has 216 valence electrons. The van der Waals surface area contributed by atoms with Gasteiger partial charge >= 0.3 is 6.09 Å². The van der Waals surface area contributed by atoms with Gasteiger partial charge in [-0.25, -0.2) is 13.2 Å². The summed E-state index contributed by atoms with van der Waals surface area (Å²) in [4.78, 5) is 41.7. The Balaban J connectivity index is 1.23. The van der Waals surface area contributed by atoms with Crippen molar-refractivity contribution in [3.8, 4) is 5.95 Å². The number of fused-ring (bicyclic) bond motifs is 2. The summed E-state index contributed by atoms with van der Waals surface area (Å²) in [6, 6.07) is 8.17. The first-order valence-corrected chi connectivity index (χ1v) is 15.1. The third kappa shape index (κ3) is 4.62. The molecule has 2 aliphatic heterocycles. The Kier molecular flexibility index (Phi) is 6.73. The van der Waals surface area contributed by atoms with Crippen molar-refractivity contribution in [2.24, 2.45) is 0 Å². The van der Waals surface area contributed by atoms with E-state index in [9.17, 15) is 28.0 Å². The van der Waals surface area contributed by atoms with Crippen LogP contribution in [-0.4, -0.2) is 66.1 Å². The molecular weight excluding hydrogens is 552 g/mol. The van der Waals surface area contributed by atoms with Crippen LogP contribution < -0.4 is 14.8 Å². The lowest BCUT2D eigenvalue weighted by molar-refractivity contribution is -0.607. The van der Waals surface area contributed by atoms with Crippen LogP contribution in [0, 0.1) is 12.1 Å². The van der Waals surface area contributed by atoms with Gasteiger partial charge in [-0.1, -0.05) is 37.5 Å². The van der Waals surface area contributed by atoms with E-state index >= 15 is 0 Å². The Morgan fingerprint density at radius 1 is 1.15 bits per heavy atom. The molecule has 12 nitrogen and oxygen atoms in total. The van der Waals surface area contributed by atoms with Crippen molar-refractivity contribution in [1.82, 2.24) is 14.5 Å². The molecule has 0 radical (unpaired) electrons. The van der Waals surface area contributed by atoms with E-state index in [1.165, 1.54) is 23.2 Å². The summed E-state index contributed by atoms with van der Waals surface area (Å²) in [5.41, 5.74) is -0.0790. The van der Waals surface area contributed by atoms with Crippen molar-refractivity contribution >= 4 is 38.8 Å². The molecule has 0 spiro atoms. The second-order valence-electron chi connectivity index (χ2n) is 10.9. The maximum Gasteiger partial charge on any atom is 0.415 e. The molecule has 6 rings (SSSR count). The summed E-state index contributed by atoms with van der Waals surface area (Å²) in [6.45, 7) is 1.53. The largest absolute Gasteiger partial charge is 0.619 e. The predicted octanol–water partition coefficient (Wildman–Crippen LogP) is 2.41. The first-order chi connectivity index (χ1) is 19.6. The van der Waals surface area contributed by atoms with Crippen LogP contribution >= 0.6 is 0 Å². The first kappa shape index (κ1) is 27.2. The van der Waals surface area contributed by atoms with Gasteiger partial charge in [0, 0.05) is 23.6 Å². The Bertz CT molecular complexity index is 1650. The molecular formula is C28H30N4O8S.